The number of hydrogen-bond acceptors (Lipinski definition) is 3. The molecule has 0 bridgehead atoms. The fourth-order valence-corrected chi connectivity index (χ4v) is 2.38. The minimum Gasteiger partial charge on any atom is -0.468 e. The Bertz CT molecular complexity index is 619. The first-order valence-electron chi connectivity index (χ1n) is 6.42. The number of halogens is 2. The van der Waals surface area contributed by atoms with Crippen LogP contribution >= 0.6 is 15.9 Å². The average molecular weight is 352 g/mol. The molecule has 1 N–H and O–H groups in total. The quantitative estimate of drug-likeness (QED) is 0.836. The molecule has 2 aromatic carbocycles. The minimum absolute atomic E-state index is 0.315. The fourth-order valence-electron chi connectivity index (χ4n) is 1.99. The standard InChI is InChI=1S/C16H15BrFNO2/c1-21-16(20)15(11-5-3-2-4-6-11)19-10-12-9-13(18)7-8-14(12)17/h2-9,15,19H,10H2,1H3. The van der Waals surface area contributed by atoms with E-state index in [2.05, 4.69) is 21.2 Å². The van der Waals surface area contributed by atoms with Gasteiger partial charge in [0.15, 0.2) is 0 Å². The summed E-state index contributed by atoms with van der Waals surface area (Å²) in [7, 11) is 1.35. The lowest BCUT2D eigenvalue weighted by atomic mass is 10.1. The van der Waals surface area contributed by atoms with E-state index in [1.165, 1.54) is 19.2 Å². The molecule has 0 aliphatic rings. The molecular weight excluding hydrogens is 337 g/mol. The van der Waals surface area contributed by atoms with Gasteiger partial charge in [0, 0.05) is 11.0 Å². The molecule has 1 unspecified atom stereocenters. The van der Waals surface area contributed by atoms with Crippen molar-refractivity contribution in [1.82, 2.24) is 5.32 Å². The van der Waals surface area contributed by atoms with Crippen LogP contribution in [0, 0.1) is 5.82 Å². The highest BCUT2D eigenvalue weighted by Gasteiger charge is 2.20. The molecule has 0 fully saturated rings. The molecule has 21 heavy (non-hydrogen) atoms. The molecule has 0 amide bonds. The summed E-state index contributed by atoms with van der Waals surface area (Å²) >= 11 is 3.37. The highest BCUT2D eigenvalue weighted by molar-refractivity contribution is 9.10. The monoisotopic (exact) mass is 351 g/mol. The molecule has 0 aliphatic carbocycles. The predicted octanol–water partition coefficient (Wildman–Crippen LogP) is 3.59. The maximum atomic E-state index is 13.3. The van der Waals surface area contributed by atoms with E-state index in [0.717, 1.165) is 15.6 Å². The van der Waals surface area contributed by atoms with Crippen molar-refractivity contribution in [1.29, 1.82) is 0 Å². The van der Waals surface area contributed by atoms with E-state index in [1.807, 2.05) is 30.3 Å². The SMILES string of the molecule is COC(=O)C(NCc1cc(F)ccc1Br)c1ccccc1. The zero-order valence-corrected chi connectivity index (χ0v) is 13.1. The summed E-state index contributed by atoms with van der Waals surface area (Å²) in [5, 5.41) is 3.10. The van der Waals surface area contributed by atoms with Crippen LogP contribution in [0.4, 0.5) is 4.39 Å². The second-order valence-electron chi connectivity index (χ2n) is 4.48. The van der Waals surface area contributed by atoms with Gasteiger partial charge in [0.25, 0.3) is 0 Å². The van der Waals surface area contributed by atoms with Gasteiger partial charge in [-0.05, 0) is 29.3 Å². The Hall–Kier alpha value is -1.72. The zero-order chi connectivity index (χ0) is 15.2. The summed E-state index contributed by atoms with van der Waals surface area (Å²) in [6, 6.07) is 13.1. The fraction of sp³-hybridized carbons (Fsp3) is 0.188. The summed E-state index contributed by atoms with van der Waals surface area (Å²) in [4.78, 5) is 11.9. The smallest absolute Gasteiger partial charge is 0.327 e. The Labute approximate surface area is 131 Å². The average Bonchev–Trinajstić information content (AvgIpc) is 2.51. The van der Waals surface area contributed by atoms with E-state index in [9.17, 15) is 9.18 Å². The van der Waals surface area contributed by atoms with Gasteiger partial charge in [0.2, 0.25) is 0 Å². The number of carbonyl (C=O) groups is 1. The number of esters is 1. The van der Waals surface area contributed by atoms with E-state index in [0.29, 0.717) is 6.54 Å². The van der Waals surface area contributed by atoms with Crippen LogP contribution < -0.4 is 5.32 Å². The second kappa shape index (κ2) is 7.33. The molecule has 110 valence electrons. The van der Waals surface area contributed by atoms with Crippen molar-refractivity contribution in [3.8, 4) is 0 Å². The first-order valence-corrected chi connectivity index (χ1v) is 7.21. The number of nitrogens with one attached hydrogen (secondary N) is 1. The van der Waals surface area contributed by atoms with Gasteiger partial charge in [0.1, 0.15) is 11.9 Å². The number of benzene rings is 2. The van der Waals surface area contributed by atoms with Crippen molar-refractivity contribution in [2.24, 2.45) is 0 Å². The highest BCUT2D eigenvalue weighted by atomic mass is 79.9. The molecule has 0 saturated heterocycles. The summed E-state index contributed by atoms with van der Waals surface area (Å²) in [6.07, 6.45) is 0. The number of ether oxygens (including phenoxy) is 1. The maximum Gasteiger partial charge on any atom is 0.327 e. The van der Waals surface area contributed by atoms with Gasteiger partial charge in [-0.2, -0.15) is 0 Å². The molecule has 0 radical (unpaired) electrons. The topological polar surface area (TPSA) is 38.3 Å². The van der Waals surface area contributed by atoms with Crippen molar-refractivity contribution in [3.63, 3.8) is 0 Å². The third-order valence-electron chi connectivity index (χ3n) is 3.07. The van der Waals surface area contributed by atoms with Crippen LogP contribution in [-0.2, 0) is 16.1 Å². The van der Waals surface area contributed by atoms with Crippen LogP contribution in [-0.4, -0.2) is 13.1 Å². The van der Waals surface area contributed by atoms with Crippen LogP contribution in [0.2, 0.25) is 0 Å². The van der Waals surface area contributed by atoms with Gasteiger partial charge in [0.05, 0.1) is 7.11 Å². The Morgan fingerprint density at radius 3 is 2.67 bits per heavy atom. The lowest BCUT2D eigenvalue weighted by molar-refractivity contribution is -0.143. The number of carbonyl (C=O) groups excluding carboxylic acids is 1. The van der Waals surface area contributed by atoms with Crippen LogP contribution in [0.15, 0.2) is 53.0 Å². The molecule has 2 aromatic rings. The lowest BCUT2D eigenvalue weighted by Crippen LogP contribution is -2.29. The van der Waals surface area contributed by atoms with Crippen molar-refractivity contribution in [2.75, 3.05) is 7.11 Å². The van der Waals surface area contributed by atoms with Crippen LogP contribution in [0.5, 0.6) is 0 Å². The van der Waals surface area contributed by atoms with Gasteiger partial charge in [-0.3, -0.25) is 5.32 Å². The first kappa shape index (κ1) is 15.7. The molecule has 5 heteroatoms. The van der Waals surface area contributed by atoms with Gasteiger partial charge in [-0.25, -0.2) is 9.18 Å². The molecule has 0 aliphatic heterocycles. The third-order valence-corrected chi connectivity index (χ3v) is 3.85. The normalized spacial score (nSPS) is 12.0. The molecule has 0 spiro atoms. The van der Waals surface area contributed by atoms with Gasteiger partial charge < -0.3 is 4.74 Å². The van der Waals surface area contributed by atoms with E-state index in [4.69, 9.17) is 4.74 Å². The first-order chi connectivity index (χ1) is 10.1. The molecule has 2 rings (SSSR count). The van der Waals surface area contributed by atoms with E-state index < -0.39 is 6.04 Å². The molecule has 1 atom stereocenters. The third kappa shape index (κ3) is 4.12. The maximum absolute atomic E-state index is 13.3. The summed E-state index contributed by atoms with van der Waals surface area (Å²) in [5.41, 5.74) is 1.54. The zero-order valence-electron chi connectivity index (χ0n) is 11.5. The largest absolute Gasteiger partial charge is 0.468 e. The van der Waals surface area contributed by atoms with Crippen molar-refractivity contribution < 1.29 is 13.9 Å². The van der Waals surface area contributed by atoms with Crippen molar-refractivity contribution in [2.45, 2.75) is 12.6 Å². The Morgan fingerprint density at radius 1 is 1.29 bits per heavy atom. The Balaban J connectivity index is 2.16. The minimum atomic E-state index is -0.591. The highest BCUT2D eigenvalue weighted by Crippen LogP contribution is 2.20. The number of rotatable bonds is 5. The lowest BCUT2D eigenvalue weighted by Gasteiger charge is -2.17. The van der Waals surface area contributed by atoms with E-state index >= 15 is 0 Å². The van der Waals surface area contributed by atoms with E-state index in [1.54, 1.807) is 6.07 Å². The molecule has 0 heterocycles. The molecule has 0 aromatic heterocycles. The van der Waals surface area contributed by atoms with Crippen molar-refractivity contribution in [3.05, 3.63) is 69.9 Å². The van der Waals surface area contributed by atoms with Crippen LogP contribution in [0.3, 0.4) is 0 Å². The second-order valence-corrected chi connectivity index (χ2v) is 5.34. The number of hydrogen-bond donors (Lipinski definition) is 1. The van der Waals surface area contributed by atoms with Crippen LogP contribution in [0.1, 0.15) is 17.2 Å². The molecular formula is C16H15BrFNO2. The van der Waals surface area contributed by atoms with Gasteiger partial charge in [-0.1, -0.05) is 46.3 Å². The van der Waals surface area contributed by atoms with Crippen molar-refractivity contribution >= 4 is 21.9 Å². The Morgan fingerprint density at radius 2 is 2.00 bits per heavy atom. The summed E-state index contributed by atoms with van der Waals surface area (Å²) in [5.74, 6) is -0.696. The molecule has 3 nitrogen and oxygen atoms in total. The predicted molar refractivity (Wildman–Crippen MR) is 82.1 cm³/mol. The van der Waals surface area contributed by atoms with E-state index in [-0.39, 0.29) is 11.8 Å². The summed E-state index contributed by atoms with van der Waals surface area (Å²) < 4.78 is 18.9. The molecule has 0 saturated carbocycles. The van der Waals surface area contributed by atoms with Gasteiger partial charge in [-0.15, -0.1) is 0 Å². The number of methoxy groups -OCH3 is 1. The Kier molecular flexibility index (Phi) is 5.47. The summed E-state index contributed by atoms with van der Waals surface area (Å²) in [6.45, 7) is 0.340. The van der Waals surface area contributed by atoms with Crippen LogP contribution in [0.25, 0.3) is 0 Å². The van der Waals surface area contributed by atoms with Gasteiger partial charge >= 0.3 is 5.97 Å².